The minimum Gasteiger partial charge on any atom is -0.318 e. The zero-order valence-corrected chi connectivity index (χ0v) is 19.9. The average Bonchev–Trinajstić information content (AvgIpc) is 3.18. The van der Waals surface area contributed by atoms with Crippen molar-refractivity contribution in [2.24, 2.45) is 0 Å². The minimum absolute atomic E-state index is 0.0133. The van der Waals surface area contributed by atoms with E-state index < -0.39 is 5.91 Å². The molecule has 1 amide bonds. The van der Waals surface area contributed by atoms with Crippen LogP contribution >= 0.6 is 50.7 Å². The quantitative estimate of drug-likeness (QED) is 0.300. The molecule has 156 valence electrons. The van der Waals surface area contributed by atoms with E-state index in [2.05, 4.69) is 31.3 Å². The minimum atomic E-state index is -0.500. The molecule has 31 heavy (non-hydrogen) atoms. The van der Waals surface area contributed by atoms with Crippen molar-refractivity contribution in [2.45, 2.75) is 6.92 Å². The highest BCUT2D eigenvalue weighted by Gasteiger charge is 2.20. The standard InChI is InChI=1S/C22H14BrCl3N4O/c1-12-2-8-16(11-17(12)25)30-21(13-3-5-14(23)6-4-13)28-20(29-30)22(31)27-19-9-7-15(24)10-18(19)26/h2-11H,1H3,(H,27,31). The molecule has 0 aliphatic heterocycles. The van der Waals surface area contributed by atoms with Gasteiger partial charge in [-0.25, -0.2) is 9.67 Å². The maximum atomic E-state index is 12.9. The van der Waals surface area contributed by atoms with E-state index in [-0.39, 0.29) is 5.82 Å². The third-order valence-electron chi connectivity index (χ3n) is 4.49. The van der Waals surface area contributed by atoms with Crippen LogP contribution in [0.4, 0.5) is 5.69 Å². The van der Waals surface area contributed by atoms with Gasteiger partial charge in [0.1, 0.15) is 0 Å². The summed E-state index contributed by atoms with van der Waals surface area (Å²) in [6.45, 7) is 1.91. The number of carbonyl (C=O) groups is 1. The molecule has 9 heteroatoms. The molecule has 0 saturated heterocycles. The fourth-order valence-corrected chi connectivity index (χ4v) is 3.75. The van der Waals surface area contributed by atoms with Crippen LogP contribution in [-0.4, -0.2) is 20.7 Å². The lowest BCUT2D eigenvalue weighted by molar-refractivity contribution is 0.101. The van der Waals surface area contributed by atoms with Gasteiger partial charge >= 0.3 is 0 Å². The van der Waals surface area contributed by atoms with Crippen LogP contribution in [0.5, 0.6) is 0 Å². The molecule has 0 unspecified atom stereocenters. The maximum absolute atomic E-state index is 12.9. The Labute approximate surface area is 202 Å². The summed E-state index contributed by atoms with van der Waals surface area (Å²) in [6.07, 6.45) is 0. The second-order valence-corrected chi connectivity index (χ2v) is 8.86. The van der Waals surface area contributed by atoms with Crippen LogP contribution < -0.4 is 5.32 Å². The Morgan fingerprint density at radius 2 is 1.71 bits per heavy atom. The number of amides is 1. The topological polar surface area (TPSA) is 59.8 Å². The van der Waals surface area contributed by atoms with Crippen molar-refractivity contribution in [3.63, 3.8) is 0 Å². The zero-order chi connectivity index (χ0) is 22.1. The molecule has 0 atom stereocenters. The Bertz CT molecular complexity index is 1290. The van der Waals surface area contributed by atoms with Crippen LogP contribution in [-0.2, 0) is 0 Å². The summed E-state index contributed by atoms with van der Waals surface area (Å²) in [5.41, 5.74) is 2.82. The van der Waals surface area contributed by atoms with Gasteiger partial charge in [-0.05, 0) is 55.0 Å². The Morgan fingerprint density at radius 1 is 0.968 bits per heavy atom. The van der Waals surface area contributed by atoms with Gasteiger partial charge in [0.15, 0.2) is 5.82 Å². The monoisotopic (exact) mass is 534 g/mol. The molecule has 3 aromatic carbocycles. The summed E-state index contributed by atoms with van der Waals surface area (Å²) in [4.78, 5) is 17.4. The largest absolute Gasteiger partial charge is 0.318 e. The van der Waals surface area contributed by atoms with Crippen LogP contribution in [0.1, 0.15) is 16.2 Å². The van der Waals surface area contributed by atoms with Crippen LogP contribution in [0.25, 0.3) is 17.1 Å². The molecule has 0 aliphatic rings. The van der Waals surface area contributed by atoms with Crippen LogP contribution in [0.3, 0.4) is 0 Å². The first-order chi connectivity index (χ1) is 14.8. The molecular weight excluding hydrogens is 523 g/mol. The van der Waals surface area contributed by atoms with Crippen molar-refractivity contribution in [3.05, 3.63) is 91.6 Å². The van der Waals surface area contributed by atoms with Crippen LogP contribution in [0.15, 0.2) is 65.1 Å². The number of aromatic nitrogens is 3. The van der Waals surface area contributed by atoms with Crippen LogP contribution in [0.2, 0.25) is 15.1 Å². The number of nitrogens with one attached hydrogen (secondary N) is 1. The third-order valence-corrected chi connectivity index (χ3v) is 5.98. The summed E-state index contributed by atoms with van der Waals surface area (Å²) in [6, 6.07) is 17.9. The van der Waals surface area contributed by atoms with Crippen molar-refractivity contribution < 1.29 is 4.79 Å². The number of halogens is 4. The molecule has 0 saturated carbocycles. The number of anilines is 1. The lowest BCUT2D eigenvalue weighted by atomic mass is 10.2. The number of nitrogens with zero attached hydrogens (tertiary/aromatic N) is 3. The van der Waals surface area contributed by atoms with Gasteiger partial charge in [-0.1, -0.05) is 68.9 Å². The van der Waals surface area contributed by atoms with E-state index in [0.29, 0.717) is 32.3 Å². The lowest BCUT2D eigenvalue weighted by Crippen LogP contribution is -2.14. The first-order valence-corrected chi connectivity index (χ1v) is 11.0. The number of aryl methyl sites for hydroxylation is 1. The van der Waals surface area contributed by atoms with Gasteiger partial charge in [-0.3, -0.25) is 4.79 Å². The molecular formula is C22H14BrCl3N4O. The maximum Gasteiger partial charge on any atom is 0.295 e. The van der Waals surface area contributed by atoms with Crippen molar-refractivity contribution in [1.29, 1.82) is 0 Å². The Balaban J connectivity index is 1.77. The molecule has 0 bridgehead atoms. The van der Waals surface area contributed by atoms with Gasteiger partial charge in [0.05, 0.1) is 16.4 Å². The second-order valence-electron chi connectivity index (χ2n) is 6.69. The van der Waals surface area contributed by atoms with Crippen LogP contribution in [0, 0.1) is 6.92 Å². The molecule has 0 spiro atoms. The Morgan fingerprint density at radius 3 is 2.39 bits per heavy atom. The highest BCUT2D eigenvalue weighted by atomic mass is 79.9. The fraction of sp³-hybridized carbons (Fsp3) is 0.0455. The molecule has 1 heterocycles. The second kappa shape index (κ2) is 9.01. The Hall–Kier alpha value is -2.38. The molecule has 1 aromatic heterocycles. The summed E-state index contributed by atoms with van der Waals surface area (Å²) in [5.74, 6) is -0.0139. The number of hydrogen-bond acceptors (Lipinski definition) is 3. The summed E-state index contributed by atoms with van der Waals surface area (Å²) in [5, 5.41) is 8.55. The summed E-state index contributed by atoms with van der Waals surface area (Å²) in [7, 11) is 0. The van der Waals surface area contributed by atoms with Gasteiger partial charge in [0.2, 0.25) is 5.82 Å². The number of hydrogen-bond donors (Lipinski definition) is 1. The van der Waals surface area contributed by atoms with Gasteiger partial charge in [0, 0.05) is 20.1 Å². The number of rotatable bonds is 4. The molecule has 0 aliphatic carbocycles. The molecule has 0 radical (unpaired) electrons. The van der Waals surface area contributed by atoms with Gasteiger partial charge in [-0.15, -0.1) is 5.10 Å². The van der Waals surface area contributed by atoms with E-state index in [9.17, 15) is 4.79 Å². The summed E-state index contributed by atoms with van der Waals surface area (Å²) >= 11 is 21.8. The lowest BCUT2D eigenvalue weighted by Gasteiger charge is -2.08. The van der Waals surface area contributed by atoms with E-state index in [1.165, 1.54) is 0 Å². The van der Waals surface area contributed by atoms with Crippen molar-refractivity contribution in [1.82, 2.24) is 14.8 Å². The summed E-state index contributed by atoms with van der Waals surface area (Å²) < 4.78 is 2.52. The predicted molar refractivity (Wildman–Crippen MR) is 129 cm³/mol. The SMILES string of the molecule is Cc1ccc(-n2nc(C(=O)Nc3ccc(Cl)cc3Cl)nc2-c2ccc(Br)cc2)cc1Cl. The molecule has 5 nitrogen and oxygen atoms in total. The number of carbonyl (C=O) groups excluding carboxylic acids is 1. The average molecular weight is 537 g/mol. The molecule has 1 N–H and O–H groups in total. The van der Waals surface area contributed by atoms with E-state index in [1.807, 2.05) is 43.3 Å². The normalized spacial score (nSPS) is 10.9. The highest BCUT2D eigenvalue weighted by molar-refractivity contribution is 9.10. The molecule has 0 fully saturated rings. The zero-order valence-electron chi connectivity index (χ0n) is 16.0. The first-order valence-electron chi connectivity index (χ1n) is 9.08. The molecule has 4 rings (SSSR count). The first kappa shape index (κ1) is 21.8. The third kappa shape index (κ3) is 4.77. The van der Waals surface area contributed by atoms with E-state index in [4.69, 9.17) is 34.8 Å². The van der Waals surface area contributed by atoms with Gasteiger partial charge in [-0.2, -0.15) is 0 Å². The van der Waals surface area contributed by atoms with Crippen molar-refractivity contribution in [2.75, 3.05) is 5.32 Å². The Kier molecular flexibility index (Phi) is 6.34. The predicted octanol–water partition coefficient (Wildman–Crippen LogP) is 7.22. The van der Waals surface area contributed by atoms with Gasteiger partial charge in [0.25, 0.3) is 5.91 Å². The van der Waals surface area contributed by atoms with E-state index in [1.54, 1.807) is 28.9 Å². The smallest absolute Gasteiger partial charge is 0.295 e. The van der Waals surface area contributed by atoms with E-state index in [0.717, 1.165) is 15.6 Å². The molecule has 4 aromatic rings. The highest BCUT2D eigenvalue weighted by Crippen LogP contribution is 2.28. The van der Waals surface area contributed by atoms with E-state index >= 15 is 0 Å². The van der Waals surface area contributed by atoms with Crippen molar-refractivity contribution in [3.8, 4) is 17.1 Å². The van der Waals surface area contributed by atoms with Crippen molar-refractivity contribution >= 4 is 62.3 Å². The van der Waals surface area contributed by atoms with Gasteiger partial charge < -0.3 is 5.32 Å². The fourth-order valence-electron chi connectivity index (χ4n) is 2.86. The number of benzene rings is 3.